The van der Waals surface area contributed by atoms with Crippen LogP contribution < -0.4 is 0 Å². The second-order valence-electron chi connectivity index (χ2n) is 8.28. The third kappa shape index (κ3) is 15.6. The van der Waals surface area contributed by atoms with Gasteiger partial charge in [-0.1, -0.05) is 134 Å². The zero-order valence-electron chi connectivity index (χ0n) is 18.3. The minimum absolute atomic E-state index is 0.451. The second kappa shape index (κ2) is 18.3. The monoisotopic (exact) mass is 371 g/mol. The first-order valence-corrected chi connectivity index (χ1v) is 11.9. The molecule has 0 saturated carbocycles. The largest absolute Gasteiger partial charge is 0.290 e. The van der Waals surface area contributed by atoms with Crippen molar-refractivity contribution in [2.45, 2.75) is 123 Å². The molecule has 0 fully saturated rings. The lowest BCUT2D eigenvalue weighted by Gasteiger charge is -2.06. The summed E-state index contributed by atoms with van der Waals surface area (Å²) in [5, 5.41) is 0. The molecule has 0 N–H and O–H groups in total. The van der Waals surface area contributed by atoms with Crippen LogP contribution in [0.1, 0.15) is 122 Å². The maximum Gasteiger partial charge on any atom is 0.0471 e. The van der Waals surface area contributed by atoms with E-state index in [-0.39, 0.29) is 0 Å². The van der Waals surface area contributed by atoms with Crippen molar-refractivity contribution in [2.75, 3.05) is 0 Å². The summed E-state index contributed by atoms with van der Waals surface area (Å²) >= 11 is 0. The molecule has 1 nitrogen and oxygen atoms in total. The summed E-state index contributed by atoms with van der Waals surface area (Å²) in [6.45, 7) is 4.53. The van der Waals surface area contributed by atoms with Crippen LogP contribution in [0, 0.1) is 0 Å². The lowest BCUT2D eigenvalue weighted by atomic mass is 10.0. The van der Waals surface area contributed by atoms with Crippen LogP contribution in [0.2, 0.25) is 0 Å². The first kappa shape index (κ1) is 23.9. The van der Waals surface area contributed by atoms with Gasteiger partial charge >= 0.3 is 0 Å². The summed E-state index contributed by atoms with van der Waals surface area (Å²) < 4.78 is 0. The van der Waals surface area contributed by atoms with Crippen molar-refractivity contribution in [1.29, 1.82) is 0 Å². The third-order valence-electron chi connectivity index (χ3n) is 5.50. The smallest absolute Gasteiger partial charge is 0.0471 e. The topological polar surface area (TPSA) is 12.4 Å². The highest BCUT2D eigenvalue weighted by Gasteiger charge is 1.99. The van der Waals surface area contributed by atoms with Gasteiger partial charge in [-0.05, 0) is 18.9 Å². The van der Waals surface area contributed by atoms with E-state index in [2.05, 4.69) is 49.2 Å². The number of rotatable bonds is 18. The standard InChI is InChI=1S/C26H45N/c1-3-4-5-6-7-8-9-10-11-12-13-14-15-16-18-21-25(2)27-24-26-22-19-17-20-23-26/h17,19-20,22-25H,3-16,18,21H2,1-2H3. The summed E-state index contributed by atoms with van der Waals surface area (Å²) in [5.41, 5.74) is 1.21. The Morgan fingerprint density at radius 1 is 0.667 bits per heavy atom. The molecule has 0 radical (unpaired) electrons. The molecule has 1 aromatic rings. The van der Waals surface area contributed by atoms with Crippen molar-refractivity contribution in [3.63, 3.8) is 0 Å². The van der Waals surface area contributed by atoms with Gasteiger partial charge in [-0.3, -0.25) is 4.99 Å². The van der Waals surface area contributed by atoms with Gasteiger partial charge in [0.25, 0.3) is 0 Å². The van der Waals surface area contributed by atoms with Gasteiger partial charge in [0, 0.05) is 12.3 Å². The molecule has 0 aliphatic heterocycles. The van der Waals surface area contributed by atoms with Crippen LogP contribution in [-0.4, -0.2) is 12.3 Å². The molecule has 0 aliphatic carbocycles. The van der Waals surface area contributed by atoms with Crippen molar-refractivity contribution < 1.29 is 0 Å². The Bertz CT molecular complexity index is 437. The van der Waals surface area contributed by atoms with Crippen LogP contribution in [-0.2, 0) is 0 Å². The molecule has 1 unspecified atom stereocenters. The van der Waals surface area contributed by atoms with Crippen molar-refractivity contribution in [2.24, 2.45) is 4.99 Å². The van der Waals surface area contributed by atoms with Gasteiger partial charge in [0.2, 0.25) is 0 Å². The quantitative estimate of drug-likeness (QED) is 0.181. The minimum atomic E-state index is 0.451. The molecule has 0 amide bonds. The van der Waals surface area contributed by atoms with E-state index in [1.54, 1.807) is 0 Å². The molecule has 0 aliphatic rings. The summed E-state index contributed by atoms with van der Waals surface area (Å²) in [6.07, 6.45) is 24.7. The number of hydrogen-bond donors (Lipinski definition) is 0. The molecule has 1 heteroatoms. The first-order chi connectivity index (χ1) is 13.3. The lowest BCUT2D eigenvalue weighted by Crippen LogP contribution is -1.98. The zero-order valence-corrected chi connectivity index (χ0v) is 18.3. The fraction of sp³-hybridized carbons (Fsp3) is 0.731. The van der Waals surface area contributed by atoms with Crippen LogP contribution >= 0.6 is 0 Å². The van der Waals surface area contributed by atoms with Gasteiger partial charge in [-0.15, -0.1) is 0 Å². The van der Waals surface area contributed by atoms with E-state index in [1.165, 1.54) is 108 Å². The lowest BCUT2D eigenvalue weighted by molar-refractivity contribution is 0.522. The normalized spacial score (nSPS) is 12.7. The molecule has 1 rings (SSSR count). The molecule has 0 bridgehead atoms. The Balaban J connectivity index is 1.80. The van der Waals surface area contributed by atoms with Crippen LogP contribution in [0.5, 0.6) is 0 Å². The number of hydrogen-bond acceptors (Lipinski definition) is 1. The van der Waals surface area contributed by atoms with E-state index >= 15 is 0 Å². The maximum atomic E-state index is 4.67. The Morgan fingerprint density at radius 3 is 1.59 bits per heavy atom. The minimum Gasteiger partial charge on any atom is -0.290 e. The molecule has 27 heavy (non-hydrogen) atoms. The molecule has 0 aromatic heterocycles. The number of aliphatic imine (C=N–C) groups is 1. The van der Waals surface area contributed by atoms with Gasteiger partial charge in [-0.2, -0.15) is 0 Å². The average molecular weight is 372 g/mol. The van der Waals surface area contributed by atoms with Gasteiger partial charge in [0.1, 0.15) is 0 Å². The predicted octanol–water partition coefficient (Wildman–Crippen LogP) is 8.76. The molecular formula is C26H45N. The molecule has 154 valence electrons. The van der Waals surface area contributed by atoms with Crippen LogP contribution in [0.15, 0.2) is 35.3 Å². The van der Waals surface area contributed by atoms with Gasteiger partial charge in [0.15, 0.2) is 0 Å². The average Bonchev–Trinajstić information content (AvgIpc) is 2.70. The Hall–Kier alpha value is -1.11. The van der Waals surface area contributed by atoms with Gasteiger partial charge < -0.3 is 0 Å². The summed E-state index contributed by atoms with van der Waals surface area (Å²) in [7, 11) is 0. The van der Waals surface area contributed by atoms with Crippen molar-refractivity contribution in [3.8, 4) is 0 Å². The van der Waals surface area contributed by atoms with E-state index < -0.39 is 0 Å². The van der Waals surface area contributed by atoms with E-state index in [4.69, 9.17) is 0 Å². The van der Waals surface area contributed by atoms with Gasteiger partial charge in [-0.25, -0.2) is 0 Å². The van der Waals surface area contributed by atoms with Crippen molar-refractivity contribution in [1.82, 2.24) is 0 Å². The zero-order chi connectivity index (χ0) is 19.4. The van der Waals surface area contributed by atoms with E-state index in [1.807, 2.05) is 6.21 Å². The molecule has 0 spiro atoms. The van der Waals surface area contributed by atoms with Crippen molar-refractivity contribution >= 4 is 6.21 Å². The SMILES string of the molecule is CCCCCCCCCCCCCCCCCC(C)N=Cc1ccccc1. The molecule has 1 atom stereocenters. The molecule has 0 heterocycles. The summed E-state index contributed by atoms with van der Waals surface area (Å²) in [6, 6.07) is 10.9. The first-order valence-electron chi connectivity index (χ1n) is 11.9. The highest BCUT2D eigenvalue weighted by Crippen LogP contribution is 2.14. The van der Waals surface area contributed by atoms with E-state index in [0.717, 1.165) is 0 Å². The molecule has 1 aromatic carbocycles. The fourth-order valence-electron chi connectivity index (χ4n) is 3.64. The number of nitrogens with zero attached hydrogens (tertiary/aromatic N) is 1. The van der Waals surface area contributed by atoms with E-state index in [0.29, 0.717) is 6.04 Å². The van der Waals surface area contributed by atoms with Crippen LogP contribution in [0.25, 0.3) is 0 Å². The predicted molar refractivity (Wildman–Crippen MR) is 123 cm³/mol. The van der Waals surface area contributed by atoms with Gasteiger partial charge in [0.05, 0.1) is 0 Å². The summed E-state index contributed by atoms with van der Waals surface area (Å²) in [4.78, 5) is 4.67. The van der Waals surface area contributed by atoms with Crippen LogP contribution in [0.3, 0.4) is 0 Å². The Labute approximate surface area is 170 Å². The molecule has 0 saturated heterocycles. The highest BCUT2D eigenvalue weighted by molar-refractivity contribution is 5.79. The van der Waals surface area contributed by atoms with E-state index in [9.17, 15) is 0 Å². The summed E-state index contributed by atoms with van der Waals surface area (Å²) in [5.74, 6) is 0. The number of unbranched alkanes of at least 4 members (excludes halogenated alkanes) is 14. The second-order valence-corrected chi connectivity index (χ2v) is 8.28. The van der Waals surface area contributed by atoms with Crippen LogP contribution in [0.4, 0.5) is 0 Å². The molecular weight excluding hydrogens is 326 g/mol. The highest BCUT2D eigenvalue weighted by atomic mass is 14.7. The Kier molecular flexibility index (Phi) is 16.2. The fourth-order valence-corrected chi connectivity index (χ4v) is 3.64. The maximum absolute atomic E-state index is 4.67. The third-order valence-corrected chi connectivity index (χ3v) is 5.50. The number of benzene rings is 1. The van der Waals surface area contributed by atoms with Crippen molar-refractivity contribution in [3.05, 3.63) is 35.9 Å². The Morgan fingerprint density at radius 2 is 1.11 bits per heavy atom.